The first kappa shape index (κ1) is 16.9. The Morgan fingerprint density at radius 3 is 2.93 bits per heavy atom. The highest BCUT2D eigenvalue weighted by Crippen LogP contribution is 2.32. The Morgan fingerprint density at radius 2 is 2.11 bits per heavy atom. The molecule has 0 N–H and O–H groups in total. The lowest BCUT2D eigenvalue weighted by atomic mass is 10.0. The third-order valence-electron chi connectivity index (χ3n) is 4.36. The van der Waals surface area contributed by atoms with Gasteiger partial charge >= 0.3 is 0 Å². The third-order valence-corrected chi connectivity index (χ3v) is 7.39. The smallest absolute Gasteiger partial charge is 0.233 e. The average molecular weight is 415 g/mol. The van der Waals surface area contributed by atoms with E-state index in [2.05, 4.69) is 15.1 Å². The van der Waals surface area contributed by atoms with Gasteiger partial charge in [-0.3, -0.25) is 4.79 Å². The zero-order valence-corrected chi connectivity index (χ0v) is 16.5. The summed E-state index contributed by atoms with van der Waals surface area (Å²) in [5.41, 5.74) is 0.986. The van der Waals surface area contributed by atoms with Crippen molar-refractivity contribution in [2.24, 2.45) is 0 Å². The minimum Gasteiger partial charge on any atom is -0.340 e. The zero-order valence-electron chi connectivity index (χ0n) is 14.1. The molecule has 0 bridgehead atoms. The van der Waals surface area contributed by atoms with Crippen molar-refractivity contribution in [1.29, 1.82) is 0 Å². The second kappa shape index (κ2) is 7.06. The van der Waals surface area contributed by atoms with Crippen LogP contribution in [0.5, 0.6) is 0 Å². The van der Waals surface area contributed by atoms with Crippen molar-refractivity contribution in [3.05, 3.63) is 47.7 Å². The van der Waals surface area contributed by atoms with E-state index in [-0.39, 0.29) is 11.8 Å². The van der Waals surface area contributed by atoms with Gasteiger partial charge in [-0.2, -0.15) is 4.98 Å². The van der Waals surface area contributed by atoms with Crippen LogP contribution in [-0.2, 0) is 4.79 Å². The summed E-state index contributed by atoms with van der Waals surface area (Å²) in [5.74, 6) is 1.88. The van der Waals surface area contributed by atoms with Gasteiger partial charge in [-0.1, -0.05) is 35.1 Å². The molecule has 1 aliphatic rings. The van der Waals surface area contributed by atoms with E-state index in [4.69, 9.17) is 4.52 Å². The minimum atomic E-state index is 0.119. The number of aromatic nitrogens is 3. The highest BCUT2D eigenvalue weighted by Gasteiger charge is 2.35. The summed E-state index contributed by atoms with van der Waals surface area (Å²) < 4.78 is 7.45. The summed E-state index contributed by atoms with van der Waals surface area (Å²) in [7, 11) is 0. The van der Waals surface area contributed by atoms with Gasteiger partial charge in [0.25, 0.3) is 0 Å². The fraction of sp³-hybridized carbons (Fsp3) is 0.222. The molecule has 0 saturated carbocycles. The van der Waals surface area contributed by atoms with Crippen LogP contribution in [0.2, 0.25) is 0 Å². The molecule has 4 heterocycles. The molecule has 5 rings (SSSR count). The molecule has 1 fully saturated rings. The van der Waals surface area contributed by atoms with Crippen molar-refractivity contribution in [1.82, 2.24) is 20.0 Å². The summed E-state index contributed by atoms with van der Waals surface area (Å²) in [6.07, 6.45) is 0. The Kier molecular flexibility index (Phi) is 4.42. The molecule has 6 nitrogen and oxygen atoms in total. The van der Waals surface area contributed by atoms with E-state index in [1.54, 1.807) is 22.7 Å². The number of thiophene rings is 1. The van der Waals surface area contributed by atoms with E-state index in [0.29, 0.717) is 30.6 Å². The number of hydrogen-bond acceptors (Lipinski definition) is 8. The first-order chi connectivity index (χ1) is 13.3. The maximum atomic E-state index is 12.4. The Balaban J connectivity index is 1.15. The number of amides is 1. The predicted molar refractivity (Wildman–Crippen MR) is 107 cm³/mol. The normalized spacial score (nSPS) is 14.6. The van der Waals surface area contributed by atoms with Gasteiger partial charge in [-0.25, -0.2) is 4.98 Å². The van der Waals surface area contributed by atoms with Crippen molar-refractivity contribution < 1.29 is 9.32 Å². The number of carbonyl (C=O) groups is 1. The summed E-state index contributed by atoms with van der Waals surface area (Å²) >= 11 is 4.70. The quantitative estimate of drug-likeness (QED) is 0.457. The van der Waals surface area contributed by atoms with Crippen LogP contribution in [0.25, 0.3) is 20.9 Å². The van der Waals surface area contributed by atoms with Crippen LogP contribution in [0, 0.1) is 0 Å². The Hall–Kier alpha value is -2.23. The third kappa shape index (κ3) is 3.38. The topological polar surface area (TPSA) is 72.1 Å². The van der Waals surface area contributed by atoms with Gasteiger partial charge in [-0.15, -0.1) is 22.7 Å². The Bertz CT molecular complexity index is 1050. The fourth-order valence-corrected chi connectivity index (χ4v) is 5.49. The SMILES string of the molecule is O=C(CSc1nc2ccccc2s1)N1CC(c2nc(-c3cccs3)no2)C1. The Labute approximate surface area is 167 Å². The van der Waals surface area contributed by atoms with Crippen LogP contribution in [0.15, 0.2) is 50.6 Å². The van der Waals surface area contributed by atoms with E-state index in [1.807, 2.05) is 46.7 Å². The van der Waals surface area contributed by atoms with Gasteiger partial charge < -0.3 is 9.42 Å². The summed E-state index contributed by atoms with van der Waals surface area (Å²) in [6, 6.07) is 11.9. The zero-order chi connectivity index (χ0) is 18.2. The number of thioether (sulfide) groups is 1. The number of nitrogens with zero attached hydrogens (tertiary/aromatic N) is 4. The van der Waals surface area contributed by atoms with E-state index in [9.17, 15) is 4.79 Å². The van der Waals surface area contributed by atoms with Crippen molar-refractivity contribution in [3.63, 3.8) is 0 Å². The van der Waals surface area contributed by atoms with E-state index in [0.717, 1.165) is 19.4 Å². The number of benzene rings is 1. The first-order valence-corrected chi connectivity index (χ1v) is 11.1. The predicted octanol–water partition coefficient (Wildman–Crippen LogP) is 4.13. The Morgan fingerprint density at radius 1 is 1.22 bits per heavy atom. The lowest BCUT2D eigenvalue weighted by Crippen LogP contribution is -2.49. The molecule has 0 radical (unpaired) electrons. The van der Waals surface area contributed by atoms with Crippen molar-refractivity contribution in [3.8, 4) is 10.7 Å². The second-order valence-electron chi connectivity index (χ2n) is 6.17. The molecule has 1 aromatic carbocycles. The van der Waals surface area contributed by atoms with E-state index < -0.39 is 0 Å². The molecule has 0 aliphatic carbocycles. The van der Waals surface area contributed by atoms with Gasteiger partial charge in [0.05, 0.1) is 26.8 Å². The maximum Gasteiger partial charge on any atom is 0.233 e. The van der Waals surface area contributed by atoms with Crippen LogP contribution >= 0.6 is 34.4 Å². The number of rotatable bonds is 5. The van der Waals surface area contributed by atoms with Crippen LogP contribution < -0.4 is 0 Å². The molecule has 0 unspecified atom stereocenters. The van der Waals surface area contributed by atoms with Crippen molar-refractivity contribution in [2.45, 2.75) is 10.3 Å². The van der Waals surface area contributed by atoms with Crippen LogP contribution in [-0.4, -0.2) is 44.8 Å². The second-order valence-corrected chi connectivity index (χ2v) is 9.37. The maximum absolute atomic E-state index is 12.4. The lowest BCUT2D eigenvalue weighted by Gasteiger charge is -2.36. The number of hydrogen-bond donors (Lipinski definition) is 0. The minimum absolute atomic E-state index is 0.119. The van der Waals surface area contributed by atoms with E-state index in [1.165, 1.54) is 11.8 Å². The van der Waals surface area contributed by atoms with Gasteiger partial charge in [-0.05, 0) is 23.6 Å². The molecule has 0 spiro atoms. The molecular formula is C18H14N4O2S3. The van der Waals surface area contributed by atoms with Crippen molar-refractivity contribution in [2.75, 3.05) is 18.8 Å². The molecular weight excluding hydrogens is 400 g/mol. The summed E-state index contributed by atoms with van der Waals surface area (Å²) in [4.78, 5) is 24.2. The number of fused-ring (bicyclic) bond motifs is 1. The molecule has 0 atom stereocenters. The average Bonchev–Trinajstić information content (AvgIpc) is 3.37. The largest absolute Gasteiger partial charge is 0.340 e. The number of carbonyl (C=O) groups excluding carboxylic acids is 1. The molecule has 3 aromatic heterocycles. The first-order valence-electron chi connectivity index (χ1n) is 8.40. The number of thiazole rings is 1. The van der Waals surface area contributed by atoms with E-state index >= 15 is 0 Å². The van der Waals surface area contributed by atoms with Crippen LogP contribution in [0.3, 0.4) is 0 Å². The van der Waals surface area contributed by atoms with Gasteiger partial charge in [0.1, 0.15) is 0 Å². The highest BCUT2D eigenvalue weighted by atomic mass is 32.2. The number of likely N-dealkylation sites (tertiary alicyclic amines) is 1. The van der Waals surface area contributed by atoms with Gasteiger partial charge in [0, 0.05) is 13.1 Å². The summed E-state index contributed by atoms with van der Waals surface area (Å²) in [5, 5.41) is 6.02. The molecule has 1 amide bonds. The summed E-state index contributed by atoms with van der Waals surface area (Å²) in [6.45, 7) is 1.26. The molecule has 9 heteroatoms. The standard InChI is InChI=1S/C18H14N4O2S3/c23-15(10-26-18-19-12-4-1-2-5-13(12)27-18)22-8-11(9-22)17-20-16(21-24-17)14-6-3-7-25-14/h1-7,11H,8-10H2. The lowest BCUT2D eigenvalue weighted by molar-refractivity contribution is -0.133. The molecule has 136 valence electrons. The molecule has 1 saturated heterocycles. The van der Waals surface area contributed by atoms with Crippen LogP contribution in [0.4, 0.5) is 0 Å². The van der Waals surface area contributed by atoms with Gasteiger partial charge in [0.15, 0.2) is 4.34 Å². The molecule has 27 heavy (non-hydrogen) atoms. The molecule has 1 aliphatic heterocycles. The van der Waals surface area contributed by atoms with Crippen LogP contribution in [0.1, 0.15) is 11.8 Å². The van der Waals surface area contributed by atoms with Crippen molar-refractivity contribution >= 4 is 50.6 Å². The van der Waals surface area contributed by atoms with Gasteiger partial charge in [0.2, 0.25) is 17.6 Å². The number of para-hydroxylation sites is 1. The monoisotopic (exact) mass is 414 g/mol. The highest BCUT2D eigenvalue weighted by molar-refractivity contribution is 8.01. The fourth-order valence-electron chi connectivity index (χ4n) is 2.87. The molecule has 4 aromatic rings.